The highest BCUT2D eigenvalue weighted by molar-refractivity contribution is 4.90. The molecule has 2 aliphatic heterocycles. The second-order valence-electron chi connectivity index (χ2n) is 7.00. The summed E-state index contributed by atoms with van der Waals surface area (Å²) in [5.74, 6) is 0. The number of piperidine rings is 1. The number of hydrogen-bond acceptors (Lipinski definition) is 3. The number of likely N-dealkylation sites (tertiary alicyclic amines) is 1. The van der Waals surface area contributed by atoms with Gasteiger partial charge in [-0.05, 0) is 65.5 Å². The Kier molecular flexibility index (Phi) is 5.88. The second-order valence-corrected chi connectivity index (χ2v) is 7.00. The highest BCUT2D eigenvalue weighted by Gasteiger charge is 2.35. The van der Waals surface area contributed by atoms with E-state index in [2.05, 4.69) is 37.9 Å². The van der Waals surface area contributed by atoms with Gasteiger partial charge in [0.15, 0.2) is 0 Å². The van der Waals surface area contributed by atoms with Gasteiger partial charge in [0.2, 0.25) is 0 Å². The highest BCUT2D eigenvalue weighted by atomic mass is 16.5. The molecule has 118 valence electrons. The summed E-state index contributed by atoms with van der Waals surface area (Å²) in [5.41, 5.74) is 0.147. The second kappa shape index (κ2) is 7.24. The Morgan fingerprint density at radius 2 is 1.75 bits per heavy atom. The van der Waals surface area contributed by atoms with E-state index in [0.29, 0.717) is 12.1 Å². The number of nitrogens with zero attached hydrogens (tertiary/aromatic N) is 1. The molecule has 0 aromatic carbocycles. The van der Waals surface area contributed by atoms with E-state index in [-0.39, 0.29) is 5.60 Å². The topological polar surface area (TPSA) is 24.5 Å². The largest absolute Gasteiger partial charge is 0.375 e. The predicted octanol–water partition coefficient (Wildman–Crippen LogP) is 3.19. The van der Waals surface area contributed by atoms with E-state index in [0.717, 1.165) is 25.5 Å². The van der Waals surface area contributed by atoms with Crippen molar-refractivity contribution in [1.82, 2.24) is 10.2 Å². The lowest BCUT2D eigenvalue weighted by Gasteiger charge is -2.43. The van der Waals surface area contributed by atoms with Crippen LogP contribution < -0.4 is 5.32 Å². The molecule has 2 heterocycles. The molecule has 1 atom stereocenters. The van der Waals surface area contributed by atoms with Crippen molar-refractivity contribution in [2.45, 2.75) is 89.9 Å². The molecule has 0 spiro atoms. The first-order valence-corrected chi connectivity index (χ1v) is 8.72. The average molecular weight is 282 g/mol. The summed E-state index contributed by atoms with van der Waals surface area (Å²) in [6.07, 6.45) is 7.29. The zero-order valence-electron chi connectivity index (χ0n) is 14.0. The van der Waals surface area contributed by atoms with Gasteiger partial charge in [-0.3, -0.25) is 0 Å². The van der Waals surface area contributed by atoms with Gasteiger partial charge in [0.25, 0.3) is 0 Å². The molecule has 0 aromatic heterocycles. The molecule has 0 aromatic rings. The van der Waals surface area contributed by atoms with Gasteiger partial charge in [0.05, 0.1) is 5.60 Å². The van der Waals surface area contributed by atoms with Crippen molar-refractivity contribution in [2.75, 3.05) is 19.7 Å². The Bertz CT molecular complexity index is 281. The fourth-order valence-corrected chi connectivity index (χ4v) is 3.83. The SMILES string of the molecule is CCC1(CC)CC(NC2CCN(C(C)C)CC2)CCO1. The molecule has 0 amide bonds. The van der Waals surface area contributed by atoms with E-state index in [1.807, 2.05) is 0 Å². The molecule has 3 nitrogen and oxygen atoms in total. The van der Waals surface area contributed by atoms with E-state index >= 15 is 0 Å². The van der Waals surface area contributed by atoms with Gasteiger partial charge in [-0.15, -0.1) is 0 Å². The summed E-state index contributed by atoms with van der Waals surface area (Å²) in [7, 11) is 0. The van der Waals surface area contributed by atoms with Crippen LogP contribution in [0.25, 0.3) is 0 Å². The van der Waals surface area contributed by atoms with Crippen molar-refractivity contribution in [3.05, 3.63) is 0 Å². The van der Waals surface area contributed by atoms with Crippen molar-refractivity contribution in [2.24, 2.45) is 0 Å². The lowest BCUT2D eigenvalue weighted by Crippen LogP contribution is -2.52. The van der Waals surface area contributed by atoms with Crippen molar-refractivity contribution in [1.29, 1.82) is 0 Å². The third-order valence-electron chi connectivity index (χ3n) is 5.51. The maximum Gasteiger partial charge on any atom is 0.0692 e. The number of hydrogen-bond donors (Lipinski definition) is 1. The van der Waals surface area contributed by atoms with Crippen LogP contribution in [0.1, 0.15) is 66.2 Å². The molecule has 2 fully saturated rings. The normalized spacial score (nSPS) is 28.9. The summed E-state index contributed by atoms with van der Waals surface area (Å²) in [6.45, 7) is 12.6. The van der Waals surface area contributed by atoms with Gasteiger partial charge in [0.1, 0.15) is 0 Å². The minimum absolute atomic E-state index is 0.147. The van der Waals surface area contributed by atoms with Crippen molar-refractivity contribution in [3.63, 3.8) is 0 Å². The standard InChI is InChI=1S/C17H34N2O/c1-5-17(6-2)13-16(9-12-20-17)18-15-7-10-19(11-8-15)14(3)4/h14-16,18H,5-13H2,1-4H3. The minimum Gasteiger partial charge on any atom is -0.375 e. The Morgan fingerprint density at radius 3 is 2.30 bits per heavy atom. The molecule has 1 N–H and O–H groups in total. The number of ether oxygens (including phenoxy) is 1. The van der Waals surface area contributed by atoms with Crippen LogP contribution in [0.4, 0.5) is 0 Å². The molecule has 3 heteroatoms. The molecule has 0 saturated carbocycles. The zero-order valence-corrected chi connectivity index (χ0v) is 14.0. The molecular formula is C17H34N2O. The lowest BCUT2D eigenvalue weighted by molar-refractivity contribution is -0.0946. The fourth-order valence-electron chi connectivity index (χ4n) is 3.83. The number of nitrogens with one attached hydrogen (secondary N) is 1. The molecule has 2 aliphatic rings. The van der Waals surface area contributed by atoms with Crippen molar-refractivity contribution < 1.29 is 4.74 Å². The van der Waals surface area contributed by atoms with E-state index in [4.69, 9.17) is 4.74 Å². The third-order valence-corrected chi connectivity index (χ3v) is 5.51. The molecule has 0 bridgehead atoms. The van der Waals surface area contributed by atoms with Crippen molar-refractivity contribution >= 4 is 0 Å². The van der Waals surface area contributed by atoms with Crippen LogP contribution in [0.3, 0.4) is 0 Å². The van der Waals surface area contributed by atoms with Gasteiger partial charge in [-0.1, -0.05) is 13.8 Å². The van der Waals surface area contributed by atoms with E-state index in [1.54, 1.807) is 0 Å². The van der Waals surface area contributed by atoms with Gasteiger partial charge in [-0.2, -0.15) is 0 Å². The highest BCUT2D eigenvalue weighted by Crippen LogP contribution is 2.32. The van der Waals surface area contributed by atoms with Crippen LogP contribution in [-0.2, 0) is 4.74 Å². The van der Waals surface area contributed by atoms with E-state index in [9.17, 15) is 0 Å². The quantitative estimate of drug-likeness (QED) is 0.838. The summed E-state index contributed by atoms with van der Waals surface area (Å²) in [4.78, 5) is 2.60. The average Bonchev–Trinajstić information content (AvgIpc) is 2.48. The third kappa shape index (κ3) is 3.96. The Labute approximate surface area is 125 Å². The van der Waals surface area contributed by atoms with Crippen LogP contribution in [0.5, 0.6) is 0 Å². The zero-order chi connectivity index (χ0) is 14.6. The van der Waals surface area contributed by atoms with Gasteiger partial charge in [0, 0.05) is 24.7 Å². The van der Waals surface area contributed by atoms with Gasteiger partial charge < -0.3 is 15.0 Å². The van der Waals surface area contributed by atoms with Crippen LogP contribution in [0, 0.1) is 0 Å². The molecule has 20 heavy (non-hydrogen) atoms. The van der Waals surface area contributed by atoms with Gasteiger partial charge in [-0.25, -0.2) is 0 Å². The Hall–Kier alpha value is -0.120. The maximum absolute atomic E-state index is 6.08. The molecule has 2 rings (SSSR count). The van der Waals surface area contributed by atoms with E-state index < -0.39 is 0 Å². The predicted molar refractivity (Wildman–Crippen MR) is 85.2 cm³/mol. The summed E-state index contributed by atoms with van der Waals surface area (Å²) >= 11 is 0. The first kappa shape index (κ1) is 16.3. The Morgan fingerprint density at radius 1 is 1.10 bits per heavy atom. The molecular weight excluding hydrogens is 248 g/mol. The lowest BCUT2D eigenvalue weighted by atomic mass is 9.85. The molecule has 0 radical (unpaired) electrons. The van der Waals surface area contributed by atoms with Crippen molar-refractivity contribution in [3.8, 4) is 0 Å². The molecule has 0 aliphatic carbocycles. The van der Waals surface area contributed by atoms with Crippen LogP contribution in [-0.4, -0.2) is 48.3 Å². The summed E-state index contributed by atoms with van der Waals surface area (Å²) in [5, 5.41) is 3.93. The van der Waals surface area contributed by atoms with Crippen LogP contribution >= 0.6 is 0 Å². The Balaban J connectivity index is 1.79. The monoisotopic (exact) mass is 282 g/mol. The summed E-state index contributed by atoms with van der Waals surface area (Å²) < 4.78 is 6.08. The van der Waals surface area contributed by atoms with Gasteiger partial charge >= 0.3 is 0 Å². The minimum atomic E-state index is 0.147. The number of rotatable bonds is 5. The van der Waals surface area contributed by atoms with E-state index in [1.165, 1.54) is 38.8 Å². The molecule has 2 saturated heterocycles. The fraction of sp³-hybridized carbons (Fsp3) is 1.00. The first-order valence-electron chi connectivity index (χ1n) is 8.72. The smallest absolute Gasteiger partial charge is 0.0692 e. The molecule has 1 unspecified atom stereocenters. The summed E-state index contributed by atoms with van der Waals surface area (Å²) in [6, 6.07) is 2.09. The van der Waals surface area contributed by atoms with Crippen LogP contribution in [0.2, 0.25) is 0 Å². The van der Waals surface area contributed by atoms with Crippen LogP contribution in [0.15, 0.2) is 0 Å². The first-order chi connectivity index (χ1) is 9.58. The maximum atomic E-state index is 6.08.